The van der Waals surface area contributed by atoms with Gasteiger partial charge >= 0.3 is 0 Å². The van der Waals surface area contributed by atoms with E-state index < -0.39 is 0 Å². The van der Waals surface area contributed by atoms with Crippen LogP contribution in [-0.4, -0.2) is 26.4 Å². The number of hydrogen-bond acceptors (Lipinski definition) is 4. The van der Waals surface area contributed by atoms with Crippen LogP contribution in [0.3, 0.4) is 0 Å². The summed E-state index contributed by atoms with van der Waals surface area (Å²) < 4.78 is 11.0. The average molecular weight is 322 g/mol. The number of fused-ring (bicyclic) bond motifs is 3. The fourth-order valence-corrected chi connectivity index (χ4v) is 4.47. The van der Waals surface area contributed by atoms with Crippen molar-refractivity contribution in [2.45, 2.75) is 24.8 Å². The van der Waals surface area contributed by atoms with Gasteiger partial charge in [-0.25, -0.2) is 0 Å². The highest BCUT2D eigenvalue weighted by Crippen LogP contribution is 2.46. The second kappa shape index (κ2) is 5.42. The van der Waals surface area contributed by atoms with Crippen molar-refractivity contribution in [2.75, 3.05) is 31.3 Å². The van der Waals surface area contributed by atoms with E-state index in [1.807, 2.05) is 6.07 Å². The molecule has 1 spiro atoms. The quantitative estimate of drug-likeness (QED) is 0.921. The summed E-state index contributed by atoms with van der Waals surface area (Å²) in [4.78, 5) is 2.54. The molecule has 2 aromatic rings. The number of rotatable bonds is 2. The van der Waals surface area contributed by atoms with Gasteiger partial charge in [-0.15, -0.1) is 0 Å². The number of piperidine rings is 1. The molecule has 0 saturated carbocycles. The van der Waals surface area contributed by atoms with Crippen molar-refractivity contribution in [2.24, 2.45) is 0 Å². The van der Waals surface area contributed by atoms with Crippen LogP contribution in [0.25, 0.3) is 0 Å². The number of hydrogen-bond donors (Lipinski definition) is 1. The molecule has 3 aliphatic heterocycles. The third-order valence-electron chi connectivity index (χ3n) is 5.68. The fraction of sp³-hybridized carbons (Fsp3) is 0.400. The van der Waals surface area contributed by atoms with Crippen molar-refractivity contribution in [1.29, 1.82) is 0 Å². The van der Waals surface area contributed by atoms with E-state index in [0.717, 1.165) is 37.7 Å². The highest BCUT2D eigenvalue weighted by atomic mass is 16.7. The molecule has 3 heterocycles. The highest BCUT2D eigenvalue weighted by molar-refractivity contribution is 5.63. The number of nitrogens with zero attached hydrogens (tertiary/aromatic N) is 1. The van der Waals surface area contributed by atoms with Gasteiger partial charge in [-0.2, -0.15) is 0 Å². The fourth-order valence-electron chi connectivity index (χ4n) is 4.47. The van der Waals surface area contributed by atoms with Crippen LogP contribution in [0.1, 0.15) is 24.0 Å². The molecule has 0 bridgehead atoms. The van der Waals surface area contributed by atoms with Gasteiger partial charge in [-0.05, 0) is 55.3 Å². The molecule has 0 unspecified atom stereocenters. The second-order valence-electron chi connectivity index (χ2n) is 7.09. The molecule has 0 amide bonds. The van der Waals surface area contributed by atoms with E-state index in [-0.39, 0.29) is 0 Å². The average Bonchev–Trinajstić information content (AvgIpc) is 3.20. The first kappa shape index (κ1) is 14.2. The minimum atomic E-state index is 0.318. The van der Waals surface area contributed by atoms with Crippen LogP contribution < -0.4 is 19.7 Å². The Morgan fingerprint density at radius 2 is 1.83 bits per heavy atom. The molecule has 0 aliphatic carbocycles. The van der Waals surface area contributed by atoms with Crippen molar-refractivity contribution in [3.05, 3.63) is 53.6 Å². The standard InChI is InChI=1S/C20H22N2O2/c1-2-4-17-16(3-1)20(7-9-21-10-8-20)13-22(17)12-15-5-6-18-19(11-15)24-14-23-18/h1-6,11,21H,7-10,12-14H2. The number of benzene rings is 2. The van der Waals surface area contributed by atoms with Gasteiger partial charge in [0, 0.05) is 24.2 Å². The summed E-state index contributed by atoms with van der Waals surface area (Å²) in [7, 11) is 0. The molecular formula is C20H22N2O2. The van der Waals surface area contributed by atoms with E-state index in [9.17, 15) is 0 Å². The van der Waals surface area contributed by atoms with E-state index in [0.29, 0.717) is 12.2 Å². The molecule has 2 aromatic carbocycles. The van der Waals surface area contributed by atoms with Gasteiger partial charge < -0.3 is 19.7 Å². The normalized spacial score (nSPS) is 20.4. The molecular weight excluding hydrogens is 300 g/mol. The van der Waals surface area contributed by atoms with Crippen LogP contribution in [0, 0.1) is 0 Å². The summed E-state index contributed by atoms with van der Waals surface area (Å²) in [6.07, 6.45) is 2.45. The maximum atomic E-state index is 5.53. The van der Waals surface area contributed by atoms with Crippen LogP contribution >= 0.6 is 0 Å². The Morgan fingerprint density at radius 3 is 2.75 bits per heavy atom. The summed E-state index contributed by atoms with van der Waals surface area (Å²) in [6.45, 7) is 4.60. The molecule has 3 aliphatic rings. The topological polar surface area (TPSA) is 33.7 Å². The Bertz CT molecular complexity index is 768. The minimum Gasteiger partial charge on any atom is -0.454 e. The van der Waals surface area contributed by atoms with Crippen molar-refractivity contribution >= 4 is 5.69 Å². The van der Waals surface area contributed by atoms with Crippen molar-refractivity contribution < 1.29 is 9.47 Å². The van der Waals surface area contributed by atoms with Gasteiger partial charge in [0.05, 0.1) is 0 Å². The first-order valence-corrected chi connectivity index (χ1v) is 8.78. The Labute approximate surface area is 142 Å². The Kier molecular flexibility index (Phi) is 3.20. The lowest BCUT2D eigenvalue weighted by atomic mass is 9.75. The van der Waals surface area contributed by atoms with Crippen molar-refractivity contribution in [3.63, 3.8) is 0 Å². The third-order valence-corrected chi connectivity index (χ3v) is 5.68. The zero-order chi connectivity index (χ0) is 16.0. The van der Waals surface area contributed by atoms with E-state index >= 15 is 0 Å². The molecule has 1 N–H and O–H groups in total. The predicted molar refractivity (Wildman–Crippen MR) is 93.8 cm³/mol. The van der Waals surface area contributed by atoms with Crippen LogP contribution in [0.15, 0.2) is 42.5 Å². The van der Waals surface area contributed by atoms with Gasteiger partial charge in [0.25, 0.3) is 0 Å². The lowest BCUT2D eigenvalue weighted by Gasteiger charge is -2.35. The molecule has 0 atom stereocenters. The largest absolute Gasteiger partial charge is 0.454 e. The third kappa shape index (κ3) is 2.17. The minimum absolute atomic E-state index is 0.318. The number of para-hydroxylation sites is 1. The van der Waals surface area contributed by atoms with E-state index in [1.165, 1.54) is 29.7 Å². The van der Waals surface area contributed by atoms with Crippen molar-refractivity contribution in [1.82, 2.24) is 5.32 Å². The van der Waals surface area contributed by atoms with Gasteiger partial charge in [-0.3, -0.25) is 0 Å². The van der Waals surface area contributed by atoms with E-state index in [1.54, 1.807) is 0 Å². The molecule has 4 heteroatoms. The summed E-state index contributed by atoms with van der Waals surface area (Å²) in [5.74, 6) is 1.73. The molecule has 24 heavy (non-hydrogen) atoms. The first-order valence-electron chi connectivity index (χ1n) is 8.78. The number of nitrogens with one attached hydrogen (secondary N) is 1. The maximum absolute atomic E-state index is 5.53. The molecule has 0 radical (unpaired) electrons. The number of anilines is 1. The zero-order valence-electron chi connectivity index (χ0n) is 13.8. The molecule has 1 fully saturated rings. The molecule has 0 aromatic heterocycles. The van der Waals surface area contributed by atoms with Crippen LogP contribution in [-0.2, 0) is 12.0 Å². The van der Waals surface area contributed by atoms with Gasteiger partial charge in [0.1, 0.15) is 0 Å². The van der Waals surface area contributed by atoms with Crippen LogP contribution in [0.4, 0.5) is 5.69 Å². The van der Waals surface area contributed by atoms with Crippen molar-refractivity contribution in [3.8, 4) is 11.5 Å². The van der Waals surface area contributed by atoms with Crippen LogP contribution in [0.5, 0.6) is 11.5 Å². The van der Waals surface area contributed by atoms with E-state index in [2.05, 4.69) is 46.6 Å². The molecule has 124 valence electrons. The zero-order valence-corrected chi connectivity index (χ0v) is 13.8. The Hall–Kier alpha value is -2.20. The molecule has 4 nitrogen and oxygen atoms in total. The summed E-state index contributed by atoms with van der Waals surface area (Å²) in [6, 6.07) is 15.3. The second-order valence-corrected chi connectivity index (χ2v) is 7.09. The lowest BCUT2D eigenvalue weighted by molar-refractivity contribution is 0.174. The molecule has 1 saturated heterocycles. The lowest BCUT2D eigenvalue weighted by Crippen LogP contribution is -2.43. The van der Waals surface area contributed by atoms with E-state index in [4.69, 9.17) is 9.47 Å². The summed E-state index contributed by atoms with van der Waals surface area (Å²) in [5.41, 5.74) is 4.53. The van der Waals surface area contributed by atoms with Gasteiger partial charge in [0.2, 0.25) is 6.79 Å². The van der Waals surface area contributed by atoms with Gasteiger partial charge in [-0.1, -0.05) is 24.3 Å². The Balaban J connectivity index is 1.46. The highest BCUT2D eigenvalue weighted by Gasteiger charge is 2.42. The predicted octanol–water partition coefficient (Wildman–Crippen LogP) is 3.06. The molecule has 5 rings (SSSR count). The van der Waals surface area contributed by atoms with Crippen LogP contribution in [0.2, 0.25) is 0 Å². The monoisotopic (exact) mass is 322 g/mol. The van der Waals surface area contributed by atoms with Gasteiger partial charge in [0.15, 0.2) is 11.5 Å². The number of ether oxygens (including phenoxy) is 2. The smallest absolute Gasteiger partial charge is 0.231 e. The summed E-state index contributed by atoms with van der Waals surface area (Å²) >= 11 is 0. The first-order chi connectivity index (χ1) is 11.8. The maximum Gasteiger partial charge on any atom is 0.231 e. The summed E-state index contributed by atoms with van der Waals surface area (Å²) in [5, 5.41) is 3.51. The Morgan fingerprint density at radius 1 is 1.00 bits per heavy atom. The SMILES string of the molecule is c1ccc2c(c1)N(Cc1ccc3c(c1)OCO3)CC21CCNCC1.